The van der Waals surface area contributed by atoms with Gasteiger partial charge >= 0.3 is 0 Å². The minimum atomic E-state index is -0.259. The number of anilines is 2. The van der Waals surface area contributed by atoms with E-state index in [4.69, 9.17) is 11.6 Å². The lowest BCUT2D eigenvalue weighted by molar-refractivity contribution is -0.684. The van der Waals surface area contributed by atoms with E-state index in [1.807, 2.05) is 30.3 Å². The van der Waals surface area contributed by atoms with Gasteiger partial charge in [-0.15, -0.1) is 0 Å². The predicted molar refractivity (Wildman–Crippen MR) is 101 cm³/mol. The van der Waals surface area contributed by atoms with E-state index in [1.165, 1.54) is 0 Å². The van der Waals surface area contributed by atoms with E-state index in [-0.39, 0.29) is 30.8 Å². The summed E-state index contributed by atoms with van der Waals surface area (Å²) in [6.07, 6.45) is 3.37. The Balaban J connectivity index is 0.00000261. The molecule has 0 bridgehead atoms. The number of hydrogen-bond donors (Lipinski definition) is 2. The van der Waals surface area contributed by atoms with E-state index in [2.05, 4.69) is 10.6 Å². The summed E-state index contributed by atoms with van der Waals surface area (Å²) in [4.78, 5) is 24.5. The number of pyridine rings is 1. The molecular formula is C20H17Cl2N3O2. The molecule has 0 atom stereocenters. The molecule has 0 aliphatic carbocycles. The number of aromatic nitrogens is 1. The molecule has 0 fully saturated rings. The van der Waals surface area contributed by atoms with E-state index >= 15 is 0 Å². The highest BCUT2D eigenvalue weighted by Crippen LogP contribution is 2.14. The molecule has 0 spiro atoms. The molecule has 0 saturated heterocycles. The zero-order valence-electron chi connectivity index (χ0n) is 14.2. The van der Waals surface area contributed by atoms with Crippen LogP contribution in [-0.2, 0) is 11.3 Å². The fourth-order valence-electron chi connectivity index (χ4n) is 2.38. The fourth-order valence-corrected chi connectivity index (χ4v) is 2.50. The molecule has 2 amide bonds. The first-order valence-corrected chi connectivity index (χ1v) is 8.39. The maximum absolute atomic E-state index is 12.4. The van der Waals surface area contributed by atoms with Crippen LogP contribution in [0.4, 0.5) is 11.4 Å². The lowest BCUT2D eigenvalue weighted by Crippen LogP contribution is -3.00. The Morgan fingerprint density at radius 2 is 1.52 bits per heavy atom. The molecule has 5 nitrogen and oxygen atoms in total. The van der Waals surface area contributed by atoms with Crippen LogP contribution >= 0.6 is 11.6 Å². The van der Waals surface area contributed by atoms with E-state index in [0.717, 1.165) is 5.69 Å². The summed E-state index contributed by atoms with van der Waals surface area (Å²) in [7, 11) is 0. The topological polar surface area (TPSA) is 62.1 Å². The molecular weight excluding hydrogens is 385 g/mol. The lowest BCUT2D eigenvalue weighted by atomic mass is 10.2. The van der Waals surface area contributed by atoms with Crippen molar-refractivity contribution in [3.8, 4) is 0 Å². The zero-order chi connectivity index (χ0) is 18.4. The molecule has 3 rings (SSSR count). The van der Waals surface area contributed by atoms with Crippen LogP contribution in [-0.4, -0.2) is 11.8 Å². The molecule has 0 unspecified atom stereocenters. The average Bonchev–Trinajstić information content (AvgIpc) is 2.64. The summed E-state index contributed by atoms with van der Waals surface area (Å²) in [5.41, 5.74) is 1.83. The summed E-state index contributed by atoms with van der Waals surface area (Å²) in [6, 6.07) is 19.5. The van der Waals surface area contributed by atoms with Crippen molar-refractivity contribution in [1.29, 1.82) is 0 Å². The predicted octanol–water partition coefficient (Wildman–Crippen LogP) is 0.522. The summed E-state index contributed by atoms with van der Waals surface area (Å²) < 4.78 is 1.66. The second-order valence-electron chi connectivity index (χ2n) is 5.64. The van der Waals surface area contributed by atoms with Crippen molar-refractivity contribution >= 4 is 34.8 Å². The molecule has 0 aliphatic heterocycles. The Kier molecular flexibility index (Phi) is 7.34. The van der Waals surface area contributed by atoms with Crippen molar-refractivity contribution < 1.29 is 26.6 Å². The Morgan fingerprint density at radius 1 is 0.852 bits per heavy atom. The fraction of sp³-hybridized carbons (Fsp3) is 0.0500. The number of hydrogen-bond acceptors (Lipinski definition) is 2. The van der Waals surface area contributed by atoms with Crippen molar-refractivity contribution in [3.63, 3.8) is 0 Å². The first-order chi connectivity index (χ1) is 12.6. The molecule has 27 heavy (non-hydrogen) atoms. The van der Waals surface area contributed by atoms with Gasteiger partial charge in [-0.25, -0.2) is 0 Å². The van der Waals surface area contributed by atoms with Crippen LogP contribution in [0.15, 0.2) is 79.1 Å². The highest BCUT2D eigenvalue weighted by Gasteiger charge is 2.14. The smallest absolute Gasteiger partial charge is 0.290 e. The Morgan fingerprint density at radius 3 is 2.22 bits per heavy atom. The summed E-state index contributed by atoms with van der Waals surface area (Å²) >= 11 is 5.84. The third-order valence-electron chi connectivity index (χ3n) is 3.61. The summed E-state index contributed by atoms with van der Waals surface area (Å²) in [5.74, 6) is -0.429. The van der Waals surface area contributed by atoms with Gasteiger partial charge in [0.15, 0.2) is 12.4 Å². The van der Waals surface area contributed by atoms with Gasteiger partial charge in [-0.3, -0.25) is 9.59 Å². The standard InChI is InChI=1S/C20H16ClN3O2.ClH/c21-16-8-10-18(11-9-16)23-20(26)15-5-4-12-24(13-15)14-19(25)22-17-6-2-1-3-7-17;/h1-13H,14H2,(H-,22,23,25,26);1H. The third-order valence-corrected chi connectivity index (χ3v) is 3.86. The van der Waals surface area contributed by atoms with Crippen LogP contribution in [0.3, 0.4) is 0 Å². The normalized spacial score (nSPS) is 9.81. The molecule has 1 aromatic heterocycles. The van der Waals surface area contributed by atoms with E-state index in [0.29, 0.717) is 16.3 Å². The number of nitrogens with zero attached hydrogens (tertiary/aromatic N) is 1. The van der Waals surface area contributed by atoms with E-state index in [1.54, 1.807) is 53.4 Å². The van der Waals surface area contributed by atoms with Gasteiger partial charge < -0.3 is 23.0 Å². The average molecular weight is 402 g/mol. The van der Waals surface area contributed by atoms with Gasteiger partial charge in [0.1, 0.15) is 5.56 Å². The number of amides is 2. The van der Waals surface area contributed by atoms with Crippen LogP contribution < -0.4 is 27.6 Å². The Labute approximate surface area is 168 Å². The van der Waals surface area contributed by atoms with E-state index < -0.39 is 0 Å². The molecule has 2 N–H and O–H groups in total. The van der Waals surface area contributed by atoms with Crippen molar-refractivity contribution in [1.82, 2.24) is 0 Å². The van der Waals surface area contributed by atoms with Crippen molar-refractivity contribution in [2.75, 3.05) is 10.6 Å². The number of benzene rings is 2. The Bertz CT molecular complexity index is 916. The number of carbonyl (C=O) groups is 2. The minimum absolute atomic E-state index is 0. The summed E-state index contributed by atoms with van der Waals surface area (Å²) in [5, 5.41) is 6.21. The second kappa shape index (κ2) is 9.71. The van der Waals surface area contributed by atoms with E-state index in [9.17, 15) is 9.59 Å². The monoisotopic (exact) mass is 401 g/mol. The van der Waals surface area contributed by atoms with Crippen LogP contribution in [0, 0.1) is 0 Å². The molecule has 0 aliphatic rings. The maximum Gasteiger partial charge on any atom is 0.290 e. The van der Waals surface area contributed by atoms with Crippen LogP contribution in [0.2, 0.25) is 5.02 Å². The van der Waals surface area contributed by atoms with Gasteiger partial charge in [0.05, 0.1) is 0 Å². The largest absolute Gasteiger partial charge is 1.00 e. The SMILES string of the molecule is O=C(C[n+]1cccc(C(=O)Nc2ccc(Cl)cc2)c1)Nc1ccccc1.[Cl-]. The number of rotatable bonds is 5. The molecule has 138 valence electrons. The minimum Gasteiger partial charge on any atom is -1.00 e. The second-order valence-corrected chi connectivity index (χ2v) is 6.08. The number of nitrogens with one attached hydrogen (secondary N) is 2. The molecule has 7 heteroatoms. The Hall–Kier alpha value is -2.89. The zero-order valence-corrected chi connectivity index (χ0v) is 15.7. The van der Waals surface area contributed by atoms with Crippen molar-refractivity contribution in [2.24, 2.45) is 0 Å². The third kappa shape index (κ3) is 6.09. The molecule has 0 radical (unpaired) electrons. The van der Waals surface area contributed by atoms with Gasteiger partial charge in [-0.1, -0.05) is 29.8 Å². The van der Waals surface area contributed by atoms with Gasteiger partial charge in [0.25, 0.3) is 11.8 Å². The van der Waals surface area contributed by atoms with Gasteiger partial charge in [-0.2, -0.15) is 4.57 Å². The van der Waals surface area contributed by atoms with Gasteiger partial charge in [0.2, 0.25) is 6.54 Å². The van der Waals surface area contributed by atoms with Crippen LogP contribution in [0.5, 0.6) is 0 Å². The van der Waals surface area contributed by atoms with Crippen LogP contribution in [0.1, 0.15) is 10.4 Å². The maximum atomic E-state index is 12.4. The highest BCUT2D eigenvalue weighted by molar-refractivity contribution is 6.30. The first-order valence-electron chi connectivity index (χ1n) is 8.01. The molecule has 3 aromatic rings. The van der Waals surface area contributed by atoms with Crippen molar-refractivity contribution in [3.05, 3.63) is 89.7 Å². The van der Waals surface area contributed by atoms with Crippen LogP contribution in [0.25, 0.3) is 0 Å². The first kappa shape index (κ1) is 20.4. The quantitative estimate of drug-likeness (QED) is 0.612. The van der Waals surface area contributed by atoms with Crippen molar-refractivity contribution in [2.45, 2.75) is 6.54 Å². The van der Waals surface area contributed by atoms with Gasteiger partial charge in [-0.05, 0) is 42.5 Å². The lowest BCUT2D eigenvalue weighted by Gasteiger charge is -2.05. The summed E-state index contributed by atoms with van der Waals surface area (Å²) in [6.45, 7) is 0.108. The number of halogens is 2. The van der Waals surface area contributed by atoms with Gasteiger partial charge in [0, 0.05) is 22.5 Å². The highest BCUT2D eigenvalue weighted by atomic mass is 35.5. The number of para-hydroxylation sites is 1. The molecule has 1 heterocycles. The number of carbonyl (C=O) groups excluding carboxylic acids is 2. The molecule has 2 aromatic carbocycles. The molecule has 0 saturated carbocycles.